The van der Waals surface area contributed by atoms with Crippen LogP contribution in [0.1, 0.15) is 36.7 Å². The van der Waals surface area contributed by atoms with Crippen LogP contribution in [0.25, 0.3) is 0 Å². The van der Waals surface area contributed by atoms with Gasteiger partial charge in [-0.15, -0.1) is 0 Å². The molecule has 1 aromatic carbocycles. The highest BCUT2D eigenvalue weighted by Gasteiger charge is 2.31. The number of benzene rings is 1. The fourth-order valence-electron chi connectivity index (χ4n) is 1.48. The predicted octanol–water partition coefficient (Wildman–Crippen LogP) is 2.08. The molecule has 0 saturated heterocycles. The van der Waals surface area contributed by atoms with E-state index in [-0.39, 0.29) is 5.78 Å². The summed E-state index contributed by atoms with van der Waals surface area (Å²) in [6.45, 7) is 4.30. The SMILES string of the molecule is CC(=O)OC(C)(C)C(=O)c1cccc(C#N)c1. The predicted molar refractivity (Wildman–Crippen MR) is 61.3 cm³/mol. The van der Waals surface area contributed by atoms with Gasteiger partial charge in [0.1, 0.15) is 0 Å². The van der Waals surface area contributed by atoms with E-state index in [2.05, 4.69) is 0 Å². The van der Waals surface area contributed by atoms with Gasteiger partial charge in [-0.3, -0.25) is 9.59 Å². The minimum atomic E-state index is -1.22. The van der Waals surface area contributed by atoms with E-state index < -0.39 is 11.6 Å². The van der Waals surface area contributed by atoms with Crippen molar-refractivity contribution in [2.24, 2.45) is 0 Å². The molecule has 0 N–H and O–H groups in total. The number of rotatable bonds is 3. The number of nitriles is 1. The van der Waals surface area contributed by atoms with Crippen molar-refractivity contribution in [3.8, 4) is 6.07 Å². The van der Waals surface area contributed by atoms with Crippen molar-refractivity contribution in [2.45, 2.75) is 26.4 Å². The number of nitrogens with zero attached hydrogens (tertiary/aromatic N) is 1. The van der Waals surface area contributed by atoms with Crippen LogP contribution in [0.3, 0.4) is 0 Å². The van der Waals surface area contributed by atoms with Crippen molar-refractivity contribution in [2.75, 3.05) is 0 Å². The summed E-state index contributed by atoms with van der Waals surface area (Å²) in [4.78, 5) is 23.0. The van der Waals surface area contributed by atoms with Gasteiger partial charge in [-0.1, -0.05) is 12.1 Å². The zero-order valence-electron chi connectivity index (χ0n) is 9.98. The molecule has 0 aliphatic carbocycles. The second kappa shape index (κ2) is 4.79. The molecule has 0 heterocycles. The zero-order chi connectivity index (χ0) is 13.1. The zero-order valence-corrected chi connectivity index (χ0v) is 9.98. The number of carbonyl (C=O) groups is 2. The van der Waals surface area contributed by atoms with Crippen LogP contribution in [0.5, 0.6) is 0 Å². The first kappa shape index (κ1) is 12.9. The summed E-state index contributed by atoms with van der Waals surface area (Å²) in [6.07, 6.45) is 0. The molecule has 0 atom stereocenters. The first-order valence-electron chi connectivity index (χ1n) is 5.11. The van der Waals surface area contributed by atoms with Gasteiger partial charge in [-0.05, 0) is 26.0 Å². The molecule has 0 bridgehead atoms. The van der Waals surface area contributed by atoms with Crippen LogP contribution in [-0.4, -0.2) is 17.4 Å². The van der Waals surface area contributed by atoms with Crippen molar-refractivity contribution in [1.29, 1.82) is 5.26 Å². The summed E-state index contributed by atoms with van der Waals surface area (Å²) >= 11 is 0. The molecule has 0 saturated carbocycles. The third-order valence-corrected chi connectivity index (χ3v) is 2.20. The smallest absolute Gasteiger partial charge is 0.303 e. The maximum Gasteiger partial charge on any atom is 0.303 e. The molecule has 17 heavy (non-hydrogen) atoms. The van der Waals surface area contributed by atoms with Gasteiger partial charge in [0, 0.05) is 12.5 Å². The maximum absolute atomic E-state index is 12.1. The monoisotopic (exact) mass is 231 g/mol. The van der Waals surface area contributed by atoms with Gasteiger partial charge in [-0.25, -0.2) is 0 Å². The van der Waals surface area contributed by atoms with Crippen LogP contribution in [0.2, 0.25) is 0 Å². The number of carbonyl (C=O) groups excluding carboxylic acids is 2. The first-order valence-corrected chi connectivity index (χ1v) is 5.11. The molecule has 0 aromatic heterocycles. The molecule has 0 aliphatic rings. The highest BCUT2D eigenvalue weighted by atomic mass is 16.6. The van der Waals surface area contributed by atoms with Crippen LogP contribution in [0.4, 0.5) is 0 Å². The molecule has 0 aliphatic heterocycles. The Morgan fingerprint density at radius 2 is 2.00 bits per heavy atom. The first-order chi connectivity index (χ1) is 7.86. The van der Waals surface area contributed by atoms with Crippen molar-refractivity contribution < 1.29 is 14.3 Å². The van der Waals surface area contributed by atoms with E-state index in [1.807, 2.05) is 6.07 Å². The van der Waals surface area contributed by atoms with Gasteiger partial charge in [0.05, 0.1) is 11.6 Å². The number of hydrogen-bond acceptors (Lipinski definition) is 4. The summed E-state index contributed by atoms with van der Waals surface area (Å²) in [5, 5.41) is 8.75. The fourth-order valence-corrected chi connectivity index (χ4v) is 1.48. The van der Waals surface area contributed by atoms with E-state index in [1.165, 1.54) is 26.8 Å². The molecule has 0 unspecified atom stereocenters. The normalized spacial score (nSPS) is 10.5. The number of ketones is 1. The van der Waals surface area contributed by atoms with Gasteiger partial charge in [0.25, 0.3) is 0 Å². The summed E-state index contributed by atoms with van der Waals surface area (Å²) in [7, 11) is 0. The number of esters is 1. The van der Waals surface area contributed by atoms with Gasteiger partial charge in [0.15, 0.2) is 5.60 Å². The lowest BCUT2D eigenvalue weighted by atomic mass is 9.95. The lowest BCUT2D eigenvalue weighted by molar-refractivity contribution is -0.149. The Hall–Kier alpha value is -2.15. The van der Waals surface area contributed by atoms with E-state index >= 15 is 0 Å². The van der Waals surface area contributed by atoms with E-state index in [4.69, 9.17) is 10.00 Å². The molecule has 0 spiro atoms. The van der Waals surface area contributed by atoms with Crippen molar-refractivity contribution in [3.63, 3.8) is 0 Å². The standard InChI is InChI=1S/C13H13NO3/c1-9(15)17-13(2,3)12(16)11-6-4-5-10(7-11)8-14/h4-7H,1-3H3. The van der Waals surface area contributed by atoms with E-state index in [9.17, 15) is 9.59 Å². The van der Waals surface area contributed by atoms with Gasteiger partial charge in [0.2, 0.25) is 5.78 Å². The van der Waals surface area contributed by atoms with Crippen molar-refractivity contribution >= 4 is 11.8 Å². The minimum Gasteiger partial charge on any atom is -0.451 e. The van der Waals surface area contributed by atoms with Crippen LogP contribution in [0, 0.1) is 11.3 Å². The van der Waals surface area contributed by atoms with E-state index in [0.29, 0.717) is 11.1 Å². The minimum absolute atomic E-state index is 0.329. The average molecular weight is 231 g/mol. The van der Waals surface area contributed by atoms with E-state index in [0.717, 1.165) is 0 Å². The van der Waals surface area contributed by atoms with Crippen LogP contribution < -0.4 is 0 Å². The molecule has 1 aromatic rings. The molecule has 0 fully saturated rings. The molecular formula is C13H13NO3. The van der Waals surface area contributed by atoms with Gasteiger partial charge < -0.3 is 4.74 Å². The topological polar surface area (TPSA) is 67.2 Å². The number of hydrogen-bond donors (Lipinski definition) is 0. The Kier molecular flexibility index (Phi) is 3.64. The van der Waals surface area contributed by atoms with Crippen LogP contribution in [-0.2, 0) is 9.53 Å². The molecule has 4 nitrogen and oxygen atoms in total. The lowest BCUT2D eigenvalue weighted by Gasteiger charge is -2.22. The Balaban J connectivity index is 3.04. The summed E-state index contributed by atoms with van der Waals surface area (Å²) < 4.78 is 4.96. The quantitative estimate of drug-likeness (QED) is 0.590. The van der Waals surface area contributed by atoms with Crippen molar-refractivity contribution in [3.05, 3.63) is 35.4 Å². The molecule has 4 heteroatoms. The molecule has 0 amide bonds. The second-order valence-corrected chi connectivity index (χ2v) is 4.13. The lowest BCUT2D eigenvalue weighted by Crippen LogP contribution is -2.36. The average Bonchev–Trinajstić information content (AvgIpc) is 2.26. The summed E-state index contributed by atoms with van der Waals surface area (Å²) in [5.41, 5.74) is -0.468. The molecule has 1 rings (SSSR count). The van der Waals surface area contributed by atoms with Crippen LogP contribution >= 0.6 is 0 Å². The number of Topliss-reactive ketones (excluding diaryl/α,β-unsaturated/α-hetero) is 1. The Labute approximate surface area is 99.8 Å². The number of ether oxygens (including phenoxy) is 1. The second-order valence-electron chi connectivity index (χ2n) is 4.13. The summed E-state index contributed by atoms with van der Waals surface area (Å²) in [6, 6.07) is 8.25. The third-order valence-electron chi connectivity index (χ3n) is 2.20. The Morgan fingerprint density at radius 1 is 1.35 bits per heavy atom. The largest absolute Gasteiger partial charge is 0.451 e. The Bertz CT molecular complexity index is 498. The maximum atomic E-state index is 12.1. The third kappa shape index (κ3) is 3.15. The van der Waals surface area contributed by atoms with Crippen LogP contribution in [0.15, 0.2) is 24.3 Å². The van der Waals surface area contributed by atoms with Gasteiger partial charge in [-0.2, -0.15) is 5.26 Å². The van der Waals surface area contributed by atoms with Gasteiger partial charge >= 0.3 is 5.97 Å². The van der Waals surface area contributed by atoms with Crippen molar-refractivity contribution in [1.82, 2.24) is 0 Å². The summed E-state index contributed by atoms with van der Waals surface area (Å²) in [5.74, 6) is -0.843. The molecule has 0 radical (unpaired) electrons. The highest BCUT2D eigenvalue weighted by Crippen LogP contribution is 2.18. The highest BCUT2D eigenvalue weighted by molar-refractivity contribution is 6.03. The Morgan fingerprint density at radius 3 is 2.53 bits per heavy atom. The van der Waals surface area contributed by atoms with E-state index in [1.54, 1.807) is 18.2 Å². The molecular weight excluding hydrogens is 218 g/mol. The molecule has 88 valence electrons. The fraction of sp³-hybridized carbons (Fsp3) is 0.308.